The molecule has 14 heavy (non-hydrogen) atoms. The lowest BCUT2D eigenvalue weighted by Gasteiger charge is -2.19. The van der Waals surface area contributed by atoms with Gasteiger partial charge >= 0.3 is 0 Å². The van der Waals surface area contributed by atoms with Crippen LogP contribution in [0.2, 0.25) is 0 Å². The fourth-order valence-electron chi connectivity index (χ4n) is 1.59. The molecule has 84 valence electrons. The Labute approximate surface area is 88.7 Å². The third-order valence-electron chi connectivity index (χ3n) is 2.57. The van der Waals surface area contributed by atoms with Gasteiger partial charge in [0, 0.05) is 19.5 Å². The van der Waals surface area contributed by atoms with Gasteiger partial charge in [0.05, 0.1) is 0 Å². The monoisotopic (exact) mass is 199 g/mol. The number of unbranched alkanes of at least 4 members (excludes halogenated alkanes) is 4. The summed E-state index contributed by atoms with van der Waals surface area (Å²) in [6.45, 7) is 8.02. The largest absolute Gasteiger partial charge is 0.343 e. The number of rotatable bonds is 8. The van der Waals surface area contributed by atoms with E-state index in [2.05, 4.69) is 13.8 Å². The molecular formula is C12H25NO. The minimum absolute atomic E-state index is 0.294. The molecule has 0 aliphatic carbocycles. The Morgan fingerprint density at radius 2 is 1.64 bits per heavy atom. The lowest BCUT2D eigenvalue weighted by atomic mass is 10.1. The van der Waals surface area contributed by atoms with Gasteiger partial charge in [-0.05, 0) is 13.3 Å². The van der Waals surface area contributed by atoms with Crippen LogP contribution in [0, 0.1) is 0 Å². The summed E-state index contributed by atoms with van der Waals surface area (Å²) in [5, 5.41) is 0. The van der Waals surface area contributed by atoms with Crippen LogP contribution in [0.1, 0.15) is 59.3 Å². The van der Waals surface area contributed by atoms with E-state index in [0.29, 0.717) is 12.3 Å². The van der Waals surface area contributed by atoms with E-state index in [1.54, 1.807) is 0 Å². The number of nitrogens with zero attached hydrogens (tertiary/aromatic N) is 1. The smallest absolute Gasteiger partial charge is 0.222 e. The molecule has 2 heteroatoms. The highest BCUT2D eigenvalue weighted by Crippen LogP contribution is 2.04. The third kappa shape index (κ3) is 6.01. The first kappa shape index (κ1) is 13.5. The van der Waals surface area contributed by atoms with Crippen molar-refractivity contribution in [3.05, 3.63) is 0 Å². The van der Waals surface area contributed by atoms with Gasteiger partial charge in [-0.15, -0.1) is 0 Å². The Balaban J connectivity index is 3.48. The average Bonchev–Trinajstić information content (AvgIpc) is 2.22. The van der Waals surface area contributed by atoms with Crippen molar-refractivity contribution in [2.75, 3.05) is 13.1 Å². The van der Waals surface area contributed by atoms with E-state index in [-0.39, 0.29) is 0 Å². The van der Waals surface area contributed by atoms with Crippen LogP contribution in [0.4, 0.5) is 0 Å². The van der Waals surface area contributed by atoms with Gasteiger partial charge in [-0.1, -0.05) is 39.5 Å². The maximum Gasteiger partial charge on any atom is 0.222 e. The second-order valence-electron chi connectivity index (χ2n) is 3.74. The Kier molecular flexibility index (Phi) is 8.70. The molecule has 0 radical (unpaired) electrons. The predicted octanol–water partition coefficient (Wildman–Crippen LogP) is 3.22. The van der Waals surface area contributed by atoms with Crippen LogP contribution in [0.3, 0.4) is 0 Å². The van der Waals surface area contributed by atoms with E-state index in [1.165, 1.54) is 32.1 Å². The minimum atomic E-state index is 0.294. The van der Waals surface area contributed by atoms with Crippen molar-refractivity contribution < 1.29 is 4.79 Å². The Morgan fingerprint density at radius 3 is 2.14 bits per heavy atom. The van der Waals surface area contributed by atoms with Crippen molar-refractivity contribution in [2.45, 2.75) is 59.3 Å². The number of hydrogen-bond acceptors (Lipinski definition) is 1. The number of hydrogen-bond donors (Lipinski definition) is 0. The molecule has 0 heterocycles. The Bertz CT molecular complexity index is 145. The fourth-order valence-corrected chi connectivity index (χ4v) is 1.59. The molecule has 2 nitrogen and oxygen atoms in total. The summed E-state index contributed by atoms with van der Waals surface area (Å²) in [5.41, 5.74) is 0. The highest BCUT2D eigenvalue weighted by molar-refractivity contribution is 5.75. The van der Waals surface area contributed by atoms with Crippen molar-refractivity contribution in [3.63, 3.8) is 0 Å². The Morgan fingerprint density at radius 1 is 1.00 bits per heavy atom. The molecule has 1 amide bonds. The zero-order valence-corrected chi connectivity index (χ0v) is 10.0. The molecule has 0 saturated carbocycles. The van der Waals surface area contributed by atoms with Gasteiger partial charge in [0.1, 0.15) is 0 Å². The van der Waals surface area contributed by atoms with Gasteiger partial charge in [0.25, 0.3) is 0 Å². The van der Waals surface area contributed by atoms with Crippen LogP contribution >= 0.6 is 0 Å². The molecule has 0 aromatic heterocycles. The second-order valence-corrected chi connectivity index (χ2v) is 3.74. The van der Waals surface area contributed by atoms with E-state index >= 15 is 0 Å². The standard InChI is InChI=1S/C12H25NO/c1-4-7-8-9-10-11-13(6-3)12(14)5-2/h4-11H2,1-3H3. The van der Waals surface area contributed by atoms with Crippen LogP contribution in [-0.2, 0) is 4.79 Å². The third-order valence-corrected chi connectivity index (χ3v) is 2.57. The molecule has 0 unspecified atom stereocenters. The summed E-state index contributed by atoms with van der Waals surface area (Å²) < 4.78 is 0. The number of carbonyl (C=O) groups is 1. The molecule has 0 aliphatic heterocycles. The van der Waals surface area contributed by atoms with Gasteiger partial charge in [0.2, 0.25) is 5.91 Å². The molecule has 0 aromatic rings. The zero-order valence-electron chi connectivity index (χ0n) is 10.0. The zero-order chi connectivity index (χ0) is 10.8. The SMILES string of the molecule is CCCCCCCN(CC)C(=O)CC. The van der Waals surface area contributed by atoms with Crippen LogP contribution < -0.4 is 0 Å². The maximum atomic E-state index is 11.4. The molecule has 0 saturated heterocycles. The number of carbonyl (C=O) groups excluding carboxylic acids is 1. The summed E-state index contributed by atoms with van der Waals surface area (Å²) in [6, 6.07) is 0. The van der Waals surface area contributed by atoms with E-state index in [9.17, 15) is 4.79 Å². The first-order valence-electron chi connectivity index (χ1n) is 6.04. The lowest BCUT2D eigenvalue weighted by molar-refractivity contribution is -0.130. The molecule has 0 atom stereocenters. The summed E-state index contributed by atoms with van der Waals surface area (Å²) in [7, 11) is 0. The summed E-state index contributed by atoms with van der Waals surface area (Å²) >= 11 is 0. The van der Waals surface area contributed by atoms with Gasteiger partial charge in [-0.3, -0.25) is 4.79 Å². The van der Waals surface area contributed by atoms with Crippen molar-refractivity contribution in [2.24, 2.45) is 0 Å². The van der Waals surface area contributed by atoms with Gasteiger partial charge in [0.15, 0.2) is 0 Å². The molecule has 0 N–H and O–H groups in total. The average molecular weight is 199 g/mol. The fraction of sp³-hybridized carbons (Fsp3) is 0.917. The Hall–Kier alpha value is -0.530. The van der Waals surface area contributed by atoms with Crippen LogP contribution in [0.15, 0.2) is 0 Å². The summed E-state index contributed by atoms with van der Waals surface area (Å²) in [5.74, 6) is 0.294. The first-order valence-corrected chi connectivity index (χ1v) is 6.04. The van der Waals surface area contributed by atoms with E-state index < -0.39 is 0 Å². The van der Waals surface area contributed by atoms with Gasteiger partial charge < -0.3 is 4.90 Å². The molecule has 0 aliphatic rings. The maximum absolute atomic E-state index is 11.4. The quantitative estimate of drug-likeness (QED) is 0.550. The second kappa shape index (κ2) is 9.04. The predicted molar refractivity (Wildman–Crippen MR) is 61.3 cm³/mol. The van der Waals surface area contributed by atoms with Gasteiger partial charge in [-0.25, -0.2) is 0 Å². The van der Waals surface area contributed by atoms with E-state index in [4.69, 9.17) is 0 Å². The minimum Gasteiger partial charge on any atom is -0.343 e. The molecule has 0 aromatic carbocycles. The highest BCUT2D eigenvalue weighted by atomic mass is 16.2. The summed E-state index contributed by atoms with van der Waals surface area (Å²) in [6.07, 6.45) is 7.00. The first-order chi connectivity index (χ1) is 6.76. The molecule has 0 bridgehead atoms. The highest BCUT2D eigenvalue weighted by Gasteiger charge is 2.07. The number of amides is 1. The molecule has 0 spiro atoms. The van der Waals surface area contributed by atoms with E-state index in [0.717, 1.165) is 13.1 Å². The molecule has 0 rings (SSSR count). The lowest BCUT2D eigenvalue weighted by Crippen LogP contribution is -2.30. The molecule has 0 fully saturated rings. The van der Waals surface area contributed by atoms with Crippen molar-refractivity contribution in [1.82, 2.24) is 4.90 Å². The summed E-state index contributed by atoms with van der Waals surface area (Å²) in [4.78, 5) is 13.4. The van der Waals surface area contributed by atoms with Crippen molar-refractivity contribution >= 4 is 5.91 Å². The van der Waals surface area contributed by atoms with Crippen LogP contribution in [0.25, 0.3) is 0 Å². The van der Waals surface area contributed by atoms with E-state index in [1.807, 2.05) is 11.8 Å². The normalized spacial score (nSPS) is 10.2. The van der Waals surface area contributed by atoms with Crippen LogP contribution in [-0.4, -0.2) is 23.9 Å². The van der Waals surface area contributed by atoms with Gasteiger partial charge in [-0.2, -0.15) is 0 Å². The topological polar surface area (TPSA) is 20.3 Å². The van der Waals surface area contributed by atoms with Crippen molar-refractivity contribution in [3.8, 4) is 0 Å². The molecular weight excluding hydrogens is 174 g/mol. The van der Waals surface area contributed by atoms with Crippen molar-refractivity contribution in [1.29, 1.82) is 0 Å². The van der Waals surface area contributed by atoms with Crippen LogP contribution in [0.5, 0.6) is 0 Å².